The van der Waals surface area contributed by atoms with E-state index < -0.39 is 41.0 Å². The van der Waals surface area contributed by atoms with Gasteiger partial charge in [0.15, 0.2) is 6.61 Å². The monoisotopic (exact) mass is 493 g/mol. The van der Waals surface area contributed by atoms with Crippen molar-refractivity contribution in [3.05, 3.63) is 30.3 Å². The number of piperidine rings is 2. The summed E-state index contributed by atoms with van der Waals surface area (Å²) >= 11 is 0. The molecule has 8 nitrogen and oxygen atoms in total. The van der Waals surface area contributed by atoms with Gasteiger partial charge in [0.1, 0.15) is 0 Å². The average Bonchev–Trinajstić information content (AvgIpc) is 2.76. The number of carbonyl (C=O) groups excluding carboxylic acids is 1. The molecule has 2 heterocycles. The van der Waals surface area contributed by atoms with Crippen LogP contribution < -0.4 is 9.62 Å². The van der Waals surface area contributed by atoms with Gasteiger partial charge in [-0.25, -0.2) is 17.9 Å². The number of sulfonamides is 1. The van der Waals surface area contributed by atoms with Crippen LogP contribution in [0.2, 0.25) is 0 Å². The van der Waals surface area contributed by atoms with Gasteiger partial charge in [-0.2, -0.15) is 13.2 Å². The summed E-state index contributed by atoms with van der Waals surface area (Å²) in [5, 5.41) is 0. The van der Waals surface area contributed by atoms with Crippen LogP contribution in [0.1, 0.15) is 25.7 Å². The highest BCUT2D eigenvalue weighted by Crippen LogP contribution is 2.25. The second kappa shape index (κ2) is 10.9. The highest BCUT2D eigenvalue weighted by Gasteiger charge is 2.39. The molecule has 0 unspecified atom stereocenters. The first-order valence-electron chi connectivity index (χ1n) is 10.9. The predicted molar refractivity (Wildman–Crippen MR) is 117 cm³/mol. The fourth-order valence-corrected chi connectivity index (χ4v) is 5.11. The van der Waals surface area contributed by atoms with Crippen LogP contribution in [0.5, 0.6) is 0 Å². The number of hydrogen-bond donors (Lipinski definition) is 1. The van der Waals surface area contributed by atoms with Crippen LogP contribution >= 0.6 is 0 Å². The number of alkyl halides is 3. The van der Waals surface area contributed by atoms with Crippen molar-refractivity contribution < 1.29 is 35.9 Å². The Morgan fingerprint density at radius 1 is 1.12 bits per heavy atom. The summed E-state index contributed by atoms with van der Waals surface area (Å²) in [6.45, 7) is 0.0326. The van der Waals surface area contributed by atoms with E-state index in [-0.39, 0.29) is 19.3 Å². The number of likely N-dealkylation sites (tertiary alicyclic amines) is 1. The molecule has 1 amide bonds. The molecule has 0 spiro atoms. The van der Waals surface area contributed by atoms with E-state index in [2.05, 4.69) is 14.4 Å². The summed E-state index contributed by atoms with van der Waals surface area (Å²) in [6.07, 6.45) is -2.51. The SMILES string of the molecule is CS(=O)(=O)N[C@H]1CCCN(C(=O)OCC(F)(F)F)[C@H]1COC1CCN(c2ccccc2)CC1. The molecule has 12 heteroatoms. The molecular formula is C21H30F3N3O5S. The van der Waals surface area contributed by atoms with Gasteiger partial charge >= 0.3 is 12.3 Å². The maximum atomic E-state index is 12.5. The summed E-state index contributed by atoms with van der Waals surface area (Å²) in [5.74, 6) is 0. The number of nitrogens with one attached hydrogen (secondary N) is 1. The minimum absolute atomic E-state index is 0.00427. The van der Waals surface area contributed by atoms with E-state index in [4.69, 9.17) is 4.74 Å². The maximum absolute atomic E-state index is 12.5. The molecular weight excluding hydrogens is 463 g/mol. The summed E-state index contributed by atoms with van der Waals surface area (Å²) < 4.78 is 74.1. The Labute approximate surface area is 192 Å². The molecule has 0 aliphatic carbocycles. The molecule has 33 heavy (non-hydrogen) atoms. The van der Waals surface area contributed by atoms with E-state index in [0.717, 1.165) is 42.8 Å². The fourth-order valence-electron chi connectivity index (χ4n) is 4.28. The Bertz CT molecular complexity index is 877. The molecule has 0 saturated carbocycles. The van der Waals surface area contributed by atoms with Crippen LogP contribution in [0.15, 0.2) is 30.3 Å². The normalized spacial score (nSPS) is 22.9. The summed E-state index contributed by atoms with van der Waals surface area (Å²) in [4.78, 5) is 15.8. The maximum Gasteiger partial charge on any atom is 0.422 e. The molecule has 0 bridgehead atoms. The minimum atomic E-state index is -4.64. The predicted octanol–water partition coefficient (Wildman–Crippen LogP) is 2.75. The van der Waals surface area contributed by atoms with Crippen molar-refractivity contribution in [3.63, 3.8) is 0 Å². The van der Waals surface area contributed by atoms with E-state index in [0.29, 0.717) is 12.8 Å². The van der Waals surface area contributed by atoms with E-state index in [1.807, 2.05) is 30.3 Å². The zero-order valence-corrected chi connectivity index (χ0v) is 19.3. The third-order valence-electron chi connectivity index (χ3n) is 5.80. The van der Waals surface area contributed by atoms with Crippen molar-refractivity contribution in [2.45, 2.75) is 50.0 Å². The van der Waals surface area contributed by atoms with E-state index in [1.165, 1.54) is 0 Å². The third-order valence-corrected chi connectivity index (χ3v) is 6.54. The molecule has 2 aliphatic heterocycles. The third kappa shape index (κ3) is 8.04. The topological polar surface area (TPSA) is 88.2 Å². The lowest BCUT2D eigenvalue weighted by molar-refractivity contribution is -0.163. The number of anilines is 1. The van der Waals surface area contributed by atoms with Crippen molar-refractivity contribution in [1.29, 1.82) is 0 Å². The highest BCUT2D eigenvalue weighted by atomic mass is 32.2. The summed E-state index contributed by atoms with van der Waals surface area (Å²) in [5.41, 5.74) is 1.12. The Morgan fingerprint density at radius 2 is 1.79 bits per heavy atom. The lowest BCUT2D eigenvalue weighted by Gasteiger charge is -2.41. The van der Waals surface area contributed by atoms with Crippen molar-refractivity contribution in [1.82, 2.24) is 9.62 Å². The number of nitrogens with zero attached hydrogens (tertiary/aromatic N) is 2. The van der Waals surface area contributed by atoms with Crippen LogP contribution in [0.25, 0.3) is 0 Å². The van der Waals surface area contributed by atoms with E-state index in [9.17, 15) is 26.4 Å². The van der Waals surface area contributed by atoms with Gasteiger partial charge in [-0.3, -0.25) is 0 Å². The van der Waals surface area contributed by atoms with E-state index >= 15 is 0 Å². The molecule has 1 aromatic carbocycles. The number of hydrogen-bond acceptors (Lipinski definition) is 6. The largest absolute Gasteiger partial charge is 0.440 e. The Kier molecular flexibility index (Phi) is 8.46. The van der Waals surface area contributed by atoms with Crippen molar-refractivity contribution in [2.75, 3.05) is 44.0 Å². The van der Waals surface area contributed by atoms with Crippen LogP contribution in [0, 0.1) is 0 Å². The van der Waals surface area contributed by atoms with Crippen LogP contribution in [-0.2, 0) is 19.5 Å². The van der Waals surface area contributed by atoms with Gasteiger partial charge in [-0.15, -0.1) is 0 Å². The number of amides is 1. The van der Waals surface area contributed by atoms with Gasteiger partial charge < -0.3 is 19.3 Å². The molecule has 2 fully saturated rings. The van der Waals surface area contributed by atoms with Gasteiger partial charge in [-0.05, 0) is 37.8 Å². The summed E-state index contributed by atoms with van der Waals surface area (Å²) in [7, 11) is -3.59. The standard InChI is InChI=1S/C21H30F3N3O5S/c1-33(29,30)25-18-8-5-11-27(20(28)32-15-21(22,23)24)19(18)14-31-17-9-12-26(13-10-17)16-6-3-2-4-7-16/h2-4,6-7,17-19,25H,5,8-15H2,1H3/t18-,19-/m0/s1. The number of halogens is 3. The van der Waals surface area contributed by atoms with Crippen molar-refractivity contribution in [3.8, 4) is 0 Å². The number of benzene rings is 1. The molecule has 2 atom stereocenters. The zero-order chi connectivity index (χ0) is 24.1. The first kappa shape index (κ1) is 25.6. The van der Waals surface area contributed by atoms with Gasteiger partial charge in [0.25, 0.3) is 0 Å². The first-order valence-corrected chi connectivity index (χ1v) is 12.8. The van der Waals surface area contributed by atoms with Crippen molar-refractivity contribution >= 4 is 21.8 Å². The fraction of sp³-hybridized carbons (Fsp3) is 0.667. The molecule has 0 radical (unpaired) electrons. The molecule has 2 saturated heterocycles. The average molecular weight is 494 g/mol. The van der Waals surface area contributed by atoms with Gasteiger partial charge in [-0.1, -0.05) is 18.2 Å². The van der Waals surface area contributed by atoms with Gasteiger partial charge in [0, 0.05) is 31.4 Å². The van der Waals surface area contributed by atoms with Gasteiger partial charge in [0.05, 0.1) is 25.0 Å². The Morgan fingerprint density at radius 3 is 2.39 bits per heavy atom. The van der Waals surface area contributed by atoms with Crippen LogP contribution in [0.3, 0.4) is 0 Å². The summed E-state index contributed by atoms with van der Waals surface area (Å²) in [6, 6.07) is 8.54. The zero-order valence-electron chi connectivity index (χ0n) is 18.5. The second-order valence-electron chi connectivity index (χ2n) is 8.42. The quantitative estimate of drug-likeness (QED) is 0.629. The van der Waals surface area contributed by atoms with E-state index in [1.54, 1.807) is 0 Å². The lowest BCUT2D eigenvalue weighted by atomic mass is 9.97. The molecule has 186 valence electrons. The molecule has 3 rings (SSSR count). The number of carbonyl (C=O) groups is 1. The Balaban J connectivity index is 1.61. The van der Waals surface area contributed by atoms with Crippen molar-refractivity contribution in [2.24, 2.45) is 0 Å². The lowest BCUT2D eigenvalue weighted by Crippen LogP contribution is -2.59. The Hall–Kier alpha value is -2.05. The highest BCUT2D eigenvalue weighted by molar-refractivity contribution is 7.88. The molecule has 1 N–H and O–H groups in total. The minimum Gasteiger partial charge on any atom is -0.440 e. The first-order chi connectivity index (χ1) is 15.5. The number of rotatable bonds is 7. The van der Waals surface area contributed by atoms with Crippen LogP contribution in [0.4, 0.5) is 23.7 Å². The number of ether oxygens (including phenoxy) is 2. The molecule has 0 aromatic heterocycles. The smallest absolute Gasteiger partial charge is 0.422 e. The molecule has 2 aliphatic rings. The van der Waals surface area contributed by atoms with Gasteiger partial charge in [0.2, 0.25) is 10.0 Å². The van der Waals surface area contributed by atoms with Crippen LogP contribution in [-0.4, -0.2) is 82.9 Å². The molecule has 1 aromatic rings. The number of para-hydroxylation sites is 1. The second-order valence-corrected chi connectivity index (χ2v) is 10.2.